The Balaban J connectivity index is 1.95. The number of sulfone groups is 1. The van der Waals surface area contributed by atoms with Crippen molar-refractivity contribution in [3.63, 3.8) is 0 Å². The van der Waals surface area contributed by atoms with E-state index in [1.807, 2.05) is 19.1 Å². The van der Waals surface area contributed by atoms with E-state index in [2.05, 4.69) is 5.10 Å². The molecule has 152 valence electrons. The molecule has 0 unspecified atom stereocenters. The zero-order valence-electron chi connectivity index (χ0n) is 16.2. The first-order chi connectivity index (χ1) is 14.2. The molecule has 30 heavy (non-hydrogen) atoms. The fourth-order valence-electron chi connectivity index (χ4n) is 3.14. The summed E-state index contributed by atoms with van der Waals surface area (Å²) in [6.07, 6.45) is 2.71. The fourth-order valence-corrected chi connectivity index (χ4v) is 4.59. The van der Waals surface area contributed by atoms with Gasteiger partial charge in [-0.2, -0.15) is 9.78 Å². The van der Waals surface area contributed by atoms with Crippen LogP contribution < -0.4 is 5.56 Å². The van der Waals surface area contributed by atoms with Crippen molar-refractivity contribution in [3.05, 3.63) is 87.9 Å². The Labute approximate surface area is 177 Å². The largest absolute Gasteiger partial charge is 0.280 e. The summed E-state index contributed by atoms with van der Waals surface area (Å²) in [5.41, 5.74) is 1.75. The summed E-state index contributed by atoms with van der Waals surface area (Å²) in [6, 6.07) is 15.7. The van der Waals surface area contributed by atoms with Crippen LogP contribution in [0.3, 0.4) is 0 Å². The van der Waals surface area contributed by atoms with Crippen molar-refractivity contribution < 1.29 is 12.8 Å². The van der Waals surface area contributed by atoms with Crippen LogP contribution in [-0.2, 0) is 9.84 Å². The number of benzene rings is 2. The maximum Gasteiger partial charge on any atom is 0.280 e. The van der Waals surface area contributed by atoms with E-state index in [9.17, 15) is 17.6 Å². The van der Waals surface area contributed by atoms with Gasteiger partial charge in [0.15, 0.2) is 9.84 Å². The van der Waals surface area contributed by atoms with Crippen molar-refractivity contribution >= 4 is 21.2 Å². The minimum absolute atomic E-state index is 0.185. The molecule has 0 saturated carbocycles. The topological polar surface area (TPSA) is 69.0 Å². The van der Waals surface area contributed by atoms with Gasteiger partial charge >= 0.3 is 0 Å². The summed E-state index contributed by atoms with van der Waals surface area (Å²) in [5, 5.41) is 5.02. The van der Waals surface area contributed by atoms with Gasteiger partial charge in [-0.3, -0.25) is 4.79 Å². The number of halogens is 1. The maximum atomic E-state index is 13.5. The molecule has 0 atom stereocenters. The summed E-state index contributed by atoms with van der Waals surface area (Å²) < 4.78 is 38.3. The number of nitrogens with zero attached hydrogens (tertiary/aromatic N) is 2. The molecule has 5 nitrogen and oxygen atoms in total. The summed E-state index contributed by atoms with van der Waals surface area (Å²) in [5.74, 6) is -0.402. The van der Waals surface area contributed by atoms with E-state index >= 15 is 0 Å². The van der Waals surface area contributed by atoms with Gasteiger partial charge in [0.25, 0.3) is 5.56 Å². The van der Waals surface area contributed by atoms with E-state index in [-0.39, 0.29) is 10.5 Å². The Bertz CT molecular complexity index is 1390. The van der Waals surface area contributed by atoms with Crippen LogP contribution in [0, 0.1) is 12.7 Å². The Morgan fingerprint density at radius 2 is 1.57 bits per heavy atom. The second kappa shape index (κ2) is 7.62. The first-order valence-electron chi connectivity index (χ1n) is 8.99. The molecule has 0 N–H and O–H groups in total. The van der Waals surface area contributed by atoms with Gasteiger partial charge in [-0.25, -0.2) is 12.8 Å². The molecular weight excluding hydrogens is 423 g/mol. The smallest absolute Gasteiger partial charge is 0.267 e. The molecule has 0 aliphatic carbocycles. The van der Waals surface area contributed by atoms with E-state index in [0.29, 0.717) is 27.3 Å². The third kappa shape index (κ3) is 3.83. The Hall–Kier alpha value is -3.10. The second-order valence-corrected chi connectivity index (χ2v) is 10.1. The molecule has 0 saturated heterocycles. The van der Waals surface area contributed by atoms with Crippen LogP contribution in [0.15, 0.2) is 76.6 Å². The van der Waals surface area contributed by atoms with Gasteiger partial charge in [0.1, 0.15) is 10.8 Å². The van der Waals surface area contributed by atoms with Gasteiger partial charge in [0.05, 0.1) is 16.7 Å². The van der Waals surface area contributed by atoms with Crippen LogP contribution in [0.1, 0.15) is 4.88 Å². The minimum Gasteiger partial charge on any atom is -0.267 e. The third-order valence-corrected chi connectivity index (χ3v) is 6.74. The second-order valence-electron chi connectivity index (χ2n) is 6.84. The molecular formula is C22H17FN2O3S2. The highest BCUT2D eigenvalue weighted by Crippen LogP contribution is 2.30. The predicted molar refractivity (Wildman–Crippen MR) is 116 cm³/mol. The molecule has 2 heterocycles. The Kier molecular flexibility index (Phi) is 5.13. The van der Waals surface area contributed by atoms with Gasteiger partial charge in [-0.1, -0.05) is 24.3 Å². The molecule has 4 aromatic rings. The molecule has 0 aliphatic rings. The highest BCUT2D eigenvalue weighted by atomic mass is 32.2. The van der Waals surface area contributed by atoms with E-state index in [0.717, 1.165) is 11.1 Å². The number of aromatic nitrogens is 2. The van der Waals surface area contributed by atoms with Gasteiger partial charge in [0, 0.05) is 16.7 Å². The number of rotatable bonds is 4. The van der Waals surface area contributed by atoms with Crippen LogP contribution in [0.25, 0.3) is 27.3 Å². The number of hydrogen-bond acceptors (Lipinski definition) is 5. The molecule has 0 aliphatic heterocycles. The fraction of sp³-hybridized carbons (Fsp3) is 0.0909. The average Bonchev–Trinajstić information content (AvgIpc) is 3.14. The van der Waals surface area contributed by atoms with E-state index in [1.54, 1.807) is 30.5 Å². The molecule has 2 aromatic carbocycles. The van der Waals surface area contributed by atoms with Crippen molar-refractivity contribution in [2.75, 3.05) is 6.26 Å². The maximum absolute atomic E-state index is 13.5. The quantitative estimate of drug-likeness (QED) is 0.469. The van der Waals surface area contributed by atoms with Gasteiger partial charge in [-0.15, -0.1) is 11.3 Å². The van der Waals surface area contributed by atoms with Gasteiger partial charge < -0.3 is 0 Å². The SMILES string of the molecule is Cc1ccc(-n2ncc(-c3ccc(S(C)(=O)=O)cc3)c(-c3ccc(F)cc3)c2=O)s1. The summed E-state index contributed by atoms with van der Waals surface area (Å²) in [4.78, 5) is 14.6. The summed E-state index contributed by atoms with van der Waals surface area (Å²) in [6.45, 7) is 1.94. The molecule has 4 rings (SSSR count). The highest BCUT2D eigenvalue weighted by molar-refractivity contribution is 7.90. The normalized spacial score (nSPS) is 11.6. The number of hydrogen-bond donors (Lipinski definition) is 0. The highest BCUT2D eigenvalue weighted by Gasteiger charge is 2.17. The zero-order chi connectivity index (χ0) is 21.5. The lowest BCUT2D eigenvalue weighted by Gasteiger charge is -2.12. The van der Waals surface area contributed by atoms with Crippen LogP contribution in [0.2, 0.25) is 0 Å². The van der Waals surface area contributed by atoms with Gasteiger partial charge in [-0.05, 0) is 54.4 Å². The molecule has 8 heteroatoms. The Morgan fingerprint density at radius 1 is 0.933 bits per heavy atom. The molecule has 0 amide bonds. The van der Waals surface area contributed by atoms with Crippen molar-refractivity contribution in [3.8, 4) is 27.3 Å². The van der Waals surface area contributed by atoms with Crippen molar-refractivity contribution in [1.29, 1.82) is 0 Å². The van der Waals surface area contributed by atoms with E-state index < -0.39 is 15.7 Å². The molecule has 2 aromatic heterocycles. The number of aryl methyl sites for hydroxylation is 1. The van der Waals surface area contributed by atoms with Crippen molar-refractivity contribution in [2.45, 2.75) is 11.8 Å². The molecule has 0 radical (unpaired) electrons. The minimum atomic E-state index is -3.34. The van der Waals surface area contributed by atoms with Crippen molar-refractivity contribution in [1.82, 2.24) is 9.78 Å². The third-order valence-electron chi connectivity index (χ3n) is 4.64. The van der Waals surface area contributed by atoms with Crippen LogP contribution >= 0.6 is 11.3 Å². The molecule has 0 bridgehead atoms. The standard InChI is InChI=1S/C22H17FN2O3S2/c1-14-3-12-20(29-14)25-22(26)21(16-4-8-17(23)9-5-16)19(13-24-25)15-6-10-18(11-7-15)30(2,27)28/h3-13H,1-2H3. The summed E-state index contributed by atoms with van der Waals surface area (Å²) >= 11 is 1.44. The van der Waals surface area contributed by atoms with Crippen molar-refractivity contribution in [2.24, 2.45) is 0 Å². The Morgan fingerprint density at radius 3 is 2.13 bits per heavy atom. The van der Waals surface area contributed by atoms with Gasteiger partial charge in [0.2, 0.25) is 0 Å². The molecule has 0 spiro atoms. The summed E-state index contributed by atoms with van der Waals surface area (Å²) in [7, 11) is -3.34. The van der Waals surface area contributed by atoms with E-state index in [1.165, 1.54) is 40.3 Å². The van der Waals surface area contributed by atoms with E-state index in [4.69, 9.17) is 0 Å². The first kappa shape index (κ1) is 20.2. The zero-order valence-corrected chi connectivity index (χ0v) is 17.8. The predicted octanol–water partition coefficient (Wildman–Crippen LogP) is 4.48. The number of thiophene rings is 1. The molecule has 0 fully saturated rings. The lowest BCUT2D eigenvalue weighted by Crippen LogP contribution is -2.22. The van der Waals surface area contributed by atoms with Crippen LogP contribution in [-0.4, -0.2) is 24.5 Å². The lowest BCUT2D eigenvalue weighted by molar-refractivity contribution is 0.602. The van der Waals surface area contributed by atoms with Crippen LogP contribution in [0.4, 0.5) is 4.39 Å². The van der Waals surface area contributed by atoms with Crippen LogP contribution in [0.5, 0.6) is 0 Å². The lowest BCUT2D eigenvalue weighted by atomic mass is 9.97. The first-order valence-corrected chi connectivity index (χ1v) is 11.7. The monoisotopic (exact) mass is 440 g/mol. The average molecular weight is 441 g/mol.